The Morgan fingerprint density at radius 1 is 1.50 bits per heavy atom. The first-order chi connectivity index (χ1) is 8.56. The molecule has 18 heavy (non-hydrogen) atoms. The lowest BCUT2D eigenvalue weighted by Crippen LogP contribution is -2.23. The maximum atomic E-state index is 12.0. The molecule has 3 nitrogen and oxygen atoms in total. The lowest BCUT2D eigenvalue weighted by molar-refractivity contribution is 0.0822. The monoisotopic (exact) mass is 345 g/mol. The smallest absolute Gasteiger partial charge is 0.212 e. The van der Waals surface area contributed by atoms with Gasteiger partial charge in [-0.3, -0.25) is 9.78 Å². The highest BCUT2D eigenvalue weighted by Crippen LogP contribution is 2.24. The van der Waals surface area contributed by atoms with Gasteiger partial charge in [0.1, 0.15) is 5.75 Å². The van der Waals surface area contributed by atoms with Gasteiger partial charge in [0.2, 0.25) is 5.78 Å². The van der Waals surface area contributed by atoms with E-state index in [1.165, 1.54) is 11.3 Å². The summed E-state index contributed by atoms with van der Waals surface area (Å²) in [6.07, 6.45) is 2.64. The summed E-state index contributed by atoms with van der Waals surface area (Å²) in [5.74, 6) is 0.458. The van der Waals surface area contributed by atoms with E-state index in [0.29, 0.717) is 15.0 Å². The van der Waals surface area contributed by atoms with Crippen molar-refractivity contribution in [3.05, 3.63) is 44.3 Å². The molecule has 1 atom stereocenters. The fourth-order valence-electron chi connectivity index (χ4n) is 1.36. The first-order valence-corrected chi connectivity index (χ1v) is 7.12. The number of hydrogen-bond donors (Lipinski definition) is 0. The second-order valence-corrected chi connectivity index (χ2v) is 6.20. The topological polar surface area (TPSA) is 39.2 Å². The zero-order valence-corrected chi connectivity index (χ0v) is 12.6. The summed E-state index contributed by atoms with van der Waals surface area (Å²) in [6.45, 7) is 1.71. The van der Waals surface area contributed by atoms with Gasteiger partial charge in [-0.25, -0.2) is 0 Å². The number of ether oxygens (including phenoxy) is 1. The number of pyridine rings is 1. The third-order valence-corrected chi connectivity index (χ3v) is 3.86. The van der Waals surface area contributed by atoms with Crippen LogP contribution in [0.5, 0.6) is 5.75 Å². The molecule has 1 unspecified atom stereocenters. The first-order valence-electron chi connectivity index (χ1n) is 5.13. The molecule has 0 bridgehead atoms. The number of ketones is 1. The van der Waals surface area contributed by atoms with E-state index in [4.69, 9.17) is 16.3 Å². The van der Waals surface area contributed by atoms with E-state index in [9.17, 15) is 4.79 Å². The Hall–Kier alpha value is -0.910. The van der Waals surface area contributed by atoms with Gasteiger partial charge in [-0.2, -0.15) is 0 Å². The predicted molar refractivity (Wildman–Crippen MR) is 75.7 cm³/mol. The van der Waals surface area contributed by atoms with Crippen molar-refractivity contribution in [1.29, 1.82) is 0 Å². The van der Waals surface area contributed by atoms with Crippen molar-refractivity contribution >= 4 is 44.7 Å². The fourth-order valence-corrected chi connectivity index (χ4v) is 2.77. The Balaban J connectivity index is 2.08. The van der Waals surface area contributed by atoms with E-state index in [2.05, 4.69) is 20.9 Å². The molecular formula is C12H9BrClNO2S. The molecule has 0 spiro atoms. The van der Waals surface area contributed by atoms with Gasteiger partial charge < -0.3 is 4.74 Å². The van der Waals surface area contributed by atoms with Crippen LogP contribution in [-0.4, -0.2) is 16.9 Å². The zero-order valence-electron chi connectivity index (χ0n) is 9.39. The highest BCUT2D eigenvalue weighted by molar-refractivity contribution is 9.10. The number of aromatic nitrogens is 1. The van der Waals surface area contributed by atoms with Crippen LogP contribution in [0, 0.1) is 0 Å². The maximum Gasteiger partial charge on any atom is 0.212 e. The largest absolute Gasteiger partial charge is 0.481 e. The number of rotatable bonds is 4. The number of carbonyl (C=O) groups excluding carboxylic acids is 1. The number of Topliss-reactive ketones (excluding diaryl/α,β-unsaturated/α-hetero) is 1. The molecule has 0 aliphatic heterocycles. The standard InChI is InChI=1S/C12H9BrClNO2S/c1-7(12(16)10-2-3-11(14)18-10)17-9-4-8(13)5-15-6-9/h2-7H,1H3. The van der Waals surface area contributed by atoms with Crippen molar-refractivity contribution in [3.8, 4) is 5.75 Å². The van der Waals surface area contributed by atoms with E-state index in [-0.39, 0.29) is 5.78 Å². The van der Waals surface area contributed by atoms with E-state index < -0.39 is 6.10 Å². The molecule has 0 aliphatic carbocycles. The number of hydrogen-bond acceptors (Lipinski definition) is 4. The van der Waals surface area contributed by atoms with Gasteiger partial charge in [0.15, 0.2) is 6.10 Å². The van der Waals surface area contributed by atoms with Crippen molar-refractivity contribution < 1.29 is 9.53 Å². The normalized spacial score (nSPS) is 12.2. The Bertz CT molecular complexity index is 573. The minimum atomic E-state index is -0.573. The molecule has 94 valence electrons. The van der Waals surface area contributed by atoms with Crippen molar-refractivity contribution in [2.75, 3.05) is 0 Å². The molecule has 0 aromatic carbocycles. The van der Waals surface area contributed by atoms with Gasteiger partial charge in [0.05, 0.1) is 15.4 Å². The molecule has 0 saturated heterocycles. The van der Waals surface area contributed by atoms with Crippen LogP contribution in [0.15, 0.2) is 35.1 Å². The first kappa shape index (κ1) is 13.5. The summed E-state index contributed by atoms with van der Waals surface area (Å²) in [4.78, 5) is 16.6. The van der Waals surface area contributed by atoms with Crippen LogP contribution in [0.25, 0.3) is 0 Å². The minimum Gasteiger partial charge on any atom is -0.481 e. The quantitative estimate of drug-likeness (QED) is 0.779. The van der Waals surface area contributed by atoms with E-state index >= 15 is 0 Å². The van der Waals surface area contributed by atoms with Crippen molar-refractivity contribution in [1.82, 2.24) is 4.98 Å². The van der Waals surface area contributed by atoms with Crippen LogP contribution in [-0.2, 0) is 0 Å². The van der Waals surface area contributed by atoms with Gasteiger partial charge >= 0.3 is 0 Å². The summed E-state index contributed by atoms with van der Waals surface area (Å²) >= 11 is 10.3. The molecule has 2 heterocycles. The second kappa shape index (κ2) is 5.82. The number of halogens is 2. The Kier molecular flexibility index (Phi) is 4.37. The molecule has 0 aliphatic rings. The van der Waals surface area contributed by atoms with Gasteiger partial charge in [-0.15, -0.1) is 11.3 Å². The molecule has 6 heteroatoms. The molecule has 2 aromatic heterocycles. The lowest BCUT2D eigenvalue weighted by Gasteiger charge is -2.12. The van der Waals surface area contributed by atoms with Crippen LogP contribution >= 0.6 is 38.9 Å². The summed E-state index contributed by atoms with van der Waals surface area (Å²) in [6, 6.07) is 5.17. The van der Waals surface area contributed by atoms with Crippen LogP contribution in [0.4, 0.5) is 0 Å². The number of carbonyl (C=O) groups is 1. The molecule has 2 rings (SSSR count). The molecule has 0 amide bonds. The third-order valence-electron chi connectivity index (χ3n) is 2.18. The second-order valence-electron chi connectivity index (χ2n) is 3.57. The van der Waals surface area contributed by atoms with E-state index in [1.807, 2.05) is 0 Å². The number of nitrogens with zero attached hydrogens (tertiary/aromatic N) is 1. The number of thiophene rings is 1. The predicted octanol–water partition coefficient (Wildman–Crippen LogP) is 4.21. The van der Waals surface area contributed by atoms with Crippen molar-refractivity contribution in [3.63, 3.8) is 0 Å². The SMILES string of the molecule is CC(Oc1cncc(Br)c1)C(=O)c1ccc(Cl)s1. The Morgan fingerprint density at radius 2 is 2.28 bits per heavy atom. The molecule has 0 radical (unpaired) electrons. The van der Waals surface area contributed by atoms with E-state index in [1.54, 1.807) is 37.5 Å². The van der Waals surface area contributed by atoms with Crippen LogP contribution in [0.1, 0.15) is 16.6 Å². The van der Waals surface area contributed by atoms with Crippen LogP contribution < -0.4 is 4.74 Å². The summed E-state index contributed by atoms with van der Waals surface area (Å²) in [5.41, 5.74) is 0. The third kappa shape index (κ3) is 3.31. The molecular weight excluding hydrogens is 338 g/mol. The highest BCUT2D eigenvalue weighted by atomic mass is 79.9. The Labute approximate surface area is 122 Å². The molecule has 2 aromatic rings. The van der Waals surface area contributed by atoms with Crippen LogP contribution in [0.2, 0.25) is 4.34 Å². The highest BCUT2D eigenvalue weighted by Gasteiger charge is 2.18. The molecule has 0 N–H and O–H groups in total. The Morgan fingerprint density at radius 3 is 2.89 bits per heavy atom. The maximum absolute atomic E-state index is 12.0. The fraction of sp³-hybridized carbons (Fsp3) is 0.167. The zero-order chi connectivity index (χ0) is 13.1. The van der Waals surface area contributed by atoms with Crippen molar-refractivity contribution in [2.24, 2.45) is 0 Å². The van der Waals surface area contributed by atoms with Gasteiger partial charge in [-0.05, 0) is 41.1 Å². The minimum absolute atomic E-state index is 0.0909. The van der Waals surface area contributed by atoms with Gasteiger partial charge in [-0.1, -0.05) is 11.6 Å². The van der Waals surface area contributed by atoms with Crippen molar-refractivity contribution in [2.45, 2.75) is 13.0 Å². The molecule has 0 saturated carbocycles. The summed E-state index contributed by atoms with van der Waals surface area (Å²) in [5, 5.41) is 0. The summed E-state index contributed by atoms with van der Waals surface area (Å²) < 4.78 is 6.94. The van der Waals surface area contributed by atoms with E-state index in [0.717, 1.165) is 4.47 Å². The average molecular weight is 347 g/mol. The molecule has 0 fully saturated rings. The van der Waals surface area contributed by atoms with Gasteiger partial charge in [0, 0.05) is 10.7 Å². The van der Waals surface area contributed by atoms with Crippen LogP contribution in [0.3, 0.4) is 0 Å². The summed E-state index contributed by atoms with van der Waals surface area (Å²) in [7, 11) is 0. The van der Waals surface area contributed by atoms with Gasteiger partial charge in [0.25, 0.3) is 0 Å². The lowest BCUT2D eigenvalue weighted by atomic mass is 10.2. The average Bonchev–Trinajstić information content (AvgIpc) is 2.75.